The second kappa shape index (κ2) is 6.32. The number of likely N-dealkylation sites (N-methyl/N-ethyl adjacent to an activating group) is 1. The van der Waals surface area contributed by atoms with Gasteiger partial charge in [-0.3, -0.25) is 9.52 Å². The summed E-state index contributed by atoms with van der Waals surface area (Å²) in [5.41, 5.74) is 2.81. The van der Waals surface area contributed by atoms with Crippen molar-refractivity contribution >= 4 is 33.0 Å². The van der Waals surface area contributed by atoms with Gasteiger partial charge in [0.05, 0.1) is 11.3 Å². The summed E-state index contributed by atoms with van der Waals surface area (Å²) in [7, 11) is -2.03. The number of nitrogens with zero attached hydrogens (tertiary/aromatic N) is 1. The normalized spacial score (nSPS) is 14.3. The first kappa shape index (κ1) is 18.3. The van der Waals surface area contributed by atoms with Crippen LogP contribution in [-0.2, 0) is 21.2 Å². The average molecular weight is 373 g/mol. The minimum absolute atomic E-state index is 0.0376. The third-order valence-electron chi connectivity index (χ3n) is 4.09. The summed E-state index contributed by atoms with van der Waals surface area (Å²) in [5.74, 6) is -0.0376. The lowest BCUT2D eigenvalue weighted by Crippen LogP contribution is -2.25. The fourth-order valence-corrected chi connectivity index (χ4v) is 3.99. The number of benzene rings is 2. The van der Waals surface area contributed by atoms with Gasteiger partial charge in [-0.2, -0.15) is 0 Å². The molecule has 1 aliphatic rings. The van der Waals surface area contributed by atoms with E-state index in [1.54, 1.807) is 36.2 Å². The van der Waals surface area contributed by atoms with Gasteiger partial charge in [0, 0.05) is 29.6 Å². The first-order chi connectivity index (χ1) is 12.0. The monoisotopic (exact) mass is 373 g/mol. The Labute approximate surface area is 154 Å². The zero-order valence-electron chi connectivity index (χ0n) is 15.3. The molecule has 0 fully saturated rings. The predicted octanol–water partition coefficient (Wildman–Crippen LogP) is 3.22. The maximum atomic E-state index is 12.7. The average Bonchev–Trinajstić information content (AvgIpc) is 2.82. The van der Waals surface area contributed by atoms with Crippen LogP contribution < -0.4 is 14.9 Å². The van der Waals surface area contributed by atoms with Crippen molar-refractivity contribution in [3.8, 4) is 0 Å². The summed E-state index contributed by atoms with van der Waals surface area (Å²) in [6, 6.07) is 11.9. The molecule has 26 heavy (non-hydrogen) atoms. The lowest BCUT2D eigenvalue weighted by Gasteiger charge is -2.22. The highest BCUT2D eigenvalue weighted by molar-refractivity contribution is 7.92. The summed E-state index contributed by atoms with van der Waals surface area (Å²) in [6.07, 6.45) is 0.225. The number of nitrogens with one attached hydrogen (secondary N) is 2. The molecule has 7 heteroatoms. The molecule has 0 radical (unpaired) electrons. The van der Waals surface area contributed by atoms with Crippen molar-refractivity contribution in [2.75, 3.05) is 22.0 Å². The summed E-state index contributed by atoms with van der Waals surface area (Å²) in [5, 5.41) is 3.33. The van der Waals surface area contributed by atoms with Gasteiger partial charge in [-0.15, -0.1) is 0 Å². The first-order valence-electron chi connectivity index (χ1n) is 8.36. The number of sulfonamides is 1. The molecule has 2 aromatic rings. The Morgan fingerprint density at radius 2 is 1.62 bits per heavy atom. The highest BCUT2D eigenvalue weighted by atomic mass is 32.2. The third kappa shape index (κ3) is 3.83. The smallest absolute Gasteiger partial charge is 0.261 e. The number of anilines is 3. The molecule has 0 spiro atoms. The predicted molar refractivity (Wildman–Crippen MR) is 104 cm³/mol. The quantitative estimate of drug-likeness (QED) is 0.863. The van der Waals surface area contributed by atoms with E-state index in [9.17, 15) is 13.2 Å². The van der Waals surface area contributed by atoms with E-state index >= 15 is 0 Å². The fourth-order valence-electron chi connectivity index (χ4n) is 2.88. The van der Waals surface area contributed by atoms with Gasteiger partial charge >= 0.3 is 0 Å². The summed E-state index contributed by atoms with van der Waals surface area (Å²) in [4.78, 5) is 13.5. The van der Waals surface area contributed by atoms with Crippen LogP contribution in [-0.4, -0.2) is 26.9 Å². The van der Waals surface area contributed by atoms with Crippen molar-refractivity contribution in [3.63, 3.8) is 0 Å². The van der Waals surface area contributed by atoms with Gasteiger partial charge in [-0.05, 0) is 68.8 Å². The maximum absolute atomic E-state index is 12.7. The summed E-state index contributed by atoms with van der Waals surface area (Å²) in [6.45, 7) is 6.17. The highest BCUT2D eigenvalue weighted by Crippen LogP contribution is 2.30. The standard InChI is InChI=1S/C19H23N3O3S/c1-19(2,3)20-14-5-7-15(8-6-14)21-26(24,25)16-9-10-17-13(11-16)12-18(23)22(17)4/h5-11,20-21H,12H2,1-4H3. The Kier molecular flexibility index (Phi) is 4.44. The van der Waals surface area contributed by atoms with Gasteiger partial charge in [-0.1, -0.05) is 0 Å². The van der Waals surface area contributed by atoms with Crippen molar-refractivity contribution in [2.24, 2.45) is 0 Å². The fraction of sp³-hybridized carbons (Fsp3) is 0.316. The number of rotatable bonds is 4. The van der Waals surface area contributed by atoms with E-state index < -0.39 is 10.0 Å². The number of hydrogen-bond acceptors (Lipinski definition) is 4. The number of amides is 1. The van der Waals surface area contributed by atoms with Crippen LogP contribution in [0.5, 0.6) is 0 Å². The molecule has 0 saturated heterocycles. The van der Waals surface area contributed by atoms with Crippen LogP contribution in [0.2, 0.25) is 0 Å². The SMILES string of the molecule is CN1C(=O)Cc2cc(S(=O)(=O)Nc3ccc(NC(C)(C)C)cc3)ccc21. The van der Waals surface area contributed by atoms with Crippen molar-refractivity contribution in [2.45, 2.75) is 37.6 Å². The van der Waals surface area contributed by atoms with Crippen molar-refractivity contribution < 1.29 is 13.2 Å². The highest BCUT2D eigenvalue weighted by Gasteiger charge is 2.26. The minimum Gasteiger partial charge on any atom is -0.380 e. The van der Waals surface area contributed by atoms with E-state index in [4.69, 9.17) is 0 Å². The molecule has 1 heterocycles. The van der Waals surface area contributed by atoms with Crippen LogP contribution >= 0.6 is 0 Å². The Morgan fingerprint density at radius 1 is 1.00 bits per heavy atom. The van der Waals surface area contributed by atoms with Crippen molar-refractivity contribution in [1.29, 1.82) is 0 Å². The van der Waals surface area contributed by atoms with Gasteiger partial charge in [0.2, 0.25) is 5.91 Å². The van der Waals surface area contributed by atoms with Crippen LogP contribution in [0.15, 0.2) is 47.4 Å². The molecular formula is C19H23N3O3S. The Bertz CT molecular complexity index is 945. The molecule has 0 unspecified atom stereocenters. The molecule has 3 rings (SSSR count). The summed E-state index contributed by atoms with van der Waals surface area (Å²) < 4.78 is 27.9. The topological polar surface area (TPSA) is 78.5 Å². The molecule has 0 saturated carbocycles. The minimum atomic E-state index is -3.72. The van der Waals surface area contributed by atoms with E-state index in [-0.39, 0.29) is 22.8 Å². The number of carbonyl (C=O) groups is 1. The summed E-state index contributed by atoms with van der Waals surface area (Å²) >= 11 is 0. The van der Waals surface area contributed by atoms with E-state index in [0.717, 1.165) is 16.9 Å². The zero-order chi connectivity index (χ0) is 19.1. The van der Waals surface area contributed by atoms with Crippen molar-refractivity contribution in [3.05, 3.63) is 48.0 Å². The second-order valence-electron chi connectivity index (χ2n) is 7.48. The lowest BCUT2D eigenvalue weighted by atomic mass is 10.1. The van der Waals surface area contributed by atoms with E-state index in [2.05, 4.69) is 30.8 Å². The molecule has 0 aliphatic carbocycles. The molecule has 2 N–H and O–H groups in total. The van der Waals surface area contributed by atoms with E-state index in [0.29, 0.717) is 5.69 Å². The zero-order valence-corrected chi connectivity index (χ0v) is 16.1. The van der Waals surface area contributed by atoms with Crippen molar-refractivity contribution in [1.82, 2.24) is 0 Å². The molecule has 2 aromatic carbocycles. The Hall–Kier alpha value is -2.54. The van der Waals surface area contributed by atoms with E-state index in [1.165, 1.54) is 6.07 Å². The molecule has 0 atom stereocenters. The number of hydrogen-bond donors (Lipinski definition) is 2. The second-order valence-corrected chi connectivity index (χ2v) is 9.16. The lowest BCUT2D eigenvalue weighted by molar-refractivity contribution is -0.117. The number of carbonyl (C=O) groups excluding carboxylic acids is 1. The number of fused-ring (bicyclic) bond motifs is 1. The van der Waals surface area contributed by atoms with Gasteiger partial charge in [0.25, 0.3) is 10.0 Å². The maximum Gasteiger partial charge on any atom is 0.261 e. The van der Waals surface area contributed by atoms with Crippen LogP contribution in [0.1, 0.15) is 26.3 Å². The molecule has 1 amide bonds. The molecule has 0 bridgehead atoms. The molecule has 1 aliphatic heterocycles. The van der Waals surface area contributed by atoms with Crippen LogP contribution in [0, 0.1) is 0 Å². The van der Waals surface area contributed by atoms with Crippen LogP contribution in [0.3, 0.4) is 0 Å². The molecule has 0 aromatic heterocycles. The molecule has 6 nitrogen and oxygen atoms in total. The first-order valence-corrected chi connectivity index (χ1v) is 9.84. The van der Waals surface area contributed by atoms with E-state index in [1.807, 2.05) is 12.1 Å². The largest absolute Gasteiger partial charge is 0.380 e. The molecule has 138 valence electrons. The van der Waals surface area contributed by atoms with Gasteiger partial charge < -0.3 is 10.2 Å². The van der Waals surface area contributed by atoms with Crippen LogP contribution in [0.4, 0.5) is 17.1 Å². The van der Waals surface area contributed by atoms with Gasteiger partial charge in [0.15, 0.2) is 0 Å². The van der Waals surface area contributed by atoms with Gasteiger partial charge in [-0.25, -0.2) is 8.42 Å². The van der Waals surface area contributed by atoms with Crippen LogP contribution in [0.25, 0.3) is 0 Å². The molecular weight excluding hydrogens is 350 g/mol. The van der Waals surface area contributed by atoms with Gasteiger partial charge in [0.1, 0.15) is 0 Å². The third-order valence-corrected chi connectivity index (χ3v) is 5.47. The Morgan fingerprint density at radius 3 is 2.23 bits per heavy atom. The Balaban J connectivity index is 1.80.